The lowest BCUT2D eigenvalue weighted by atomic mass is 9.98. The van der Waals surface area contributed by atoms with E-state index in [0.29, 0.717) is 19.0 Å². The minimum atomic E-state index is 0.0734. The summed E-state index contributed by atoms with van der Waals surface area (Å²) >= 11 is 0. The molecule has 20 heavy (non-hydrogen) atoms. The quantitative estimate of drug-likeness (QED) is 0.725. The van der Waals surface area contributed by atoms with Gasteiger partial charge in [-0.25, -0.2) is 0 Å². The van der Waals surface area contributed by atoms with E-state index >= 15 is 0 Å². The van der Waals surface area contributed by atoms with Crippen LogP contribution in [-0.4, -0.2) is 60.4 Å². The summed E-state index contributed by atoms with van der Waals surface area (Å²) in [5.74, 6) is 0.640. The van der Waals surface area contributed by atoms with E-state index < -0.39 is 0 Å². The van der Waals surface area contributed by atoms with Gasteiger partial charge in [-0.1, -0.05) is 34.1 Å². The third-order valence-electron chi connectivity index (χ3n) is 4.07. The molecule has 0 aromatic carbocycles. The van der Waals surface area contributed by atoms with Gasteiger partial charge in [0.2, 0.25) is 11.8 Å². The van der Waals surface area contributed by atoms with Crippen LogP contribution in [0.4, 0.5) is 0 Å². The molecule has 2 atom stereocenters. The van der Waals surface area contributed by atoms with Crippen molar-refractivity contribution in [2.45, 2.75) is 46.6 Å². The van der Waals surface area contributed by atoms with Gasteiger partial charge in [0.15, 0.2) is 0 Å². The first-order valence-corrected chi connectivity index (χ1v) is 7.82. The van der Waals surface area contributed by atoms with E-state index in [1.165, 1.54) is 0 Å². The van der Waals surface area contributed by atoms with E-state index in [0.717, 1.165) is 19.4 Å². The van der Waals surface area contributed by atoms with Gasteiger partial charge in [0, 0.05) is 19.1 Å². The second-order valence-corrected chi connectivity index (χ2v) is 5.64. The molecule has 1 rings (SSSR count). The molecule has 0 spiro atoms. The second-order valence-electron chi connectivity index (χ2n) is 5.64. The summed E-state index contributed by atoms with van der Waals surface area (Å²) in [5, 5.41) is 3.43. The SMILES string of the molecule is CCCN1CC(=O)N(CC(NCC)C(C)CC)CC1=O. The summed E-state index contributed by atoms with van der Waals surface area (Å²) in [4.78, 5) is 27.6. The van der Waals surface area contributed by atoms with Crippen molar-refractivity contribution < 1.29 is 9.59 Å². The summed E-state index contributed by atoms with van der Waals surface area (Å²) in [7, 11) is 0. The molecule has 0 saturated carbocycles. The molecule has 0 aliphatic carbocycles. The summed E-state index contributed by atoms with van der Waals surface area (Å²) in [5.41, 5.74) is 0. The molecule has 1 aliphatic rings. The van der Waals surface area contributed by atoms with Crippen LogP contribution in [0.1, 0.15) is 40.5 Å². The Balaban J connectivity index is 2.62. The average Bonchev–Trinajstić information content (AvgIpc) is 2.43. The highest BCUT2D eigenvalue weighted by molar-refractivity contribution is 5.92. The Hall–Kier alpha value is -1.10. The Kier molecular flexibility index (Phi) is 6.99. The van der Waals surface area contributed by atoms with Crippen molar-refractivity contribution in [1.82, 2.24) is 15.1 Å². The number of rotatable bonds is 8. The van der Waals surface area contributed by atoms with Crippen LogP contribution in [0.15, 0.2) is 0 Å². The van der Waals surface area contributed by atoms with Crippen LogP contribution in [0, 0.1) is 5.92 Å². The highest BCUT2D eigenvalue weighted by atomic mass is 16.2. The van der Waals surface area contributed by atoms with Crippen LogP contribution in [0.25, 0.3) is 0 Å². The maximum Gasteiger partial charge on any atom is 0.242 e. The molecular weight excluding hydrogens is 254 g/mol. The van der Waals surface area contributed by atoms with Gasteiger partial charge >= 0.3 is 0 Å². The van der Waals surface area contributed by atoms with Gasteiger partial charge in [0.1, 0.15) is 0 Å². The number of piperazine rings is 1. The Bertz CT molecular complexity index is 333. The Labute approximate surface area is 122 Å². The first kappa shape index (κ1) is 17.0. The number of nitrogens with zero attached hydrogens (tertiary/aromatic N) is 2. The molecule has 2 unspecified atom stereocenters. The summed E-state index contributed by atoms with van der Waals surface area (Å²) in [6.07, 6.45) is 1.96. The van der Waals surface area contributed by atoms with Gasteiger partial charge < -0.3 is 15.1 Å². The molecular formula is C15H29N3O2. The van der Waals surface area contributed by atoms with Crippen LogP contribution in [-0.2, 0) is 9.59 Å². The predicted octanol–water partition coefficient (Wildman–Crippen LogP) is 1.09. The standard InChI is InChI=1S/C15H29N3O2/c1-5-8-17-10-15(20)18(11-14(17)19)9-13(16-7-3)12(4)6-2/h12-13,16H,5-11H2,1-4H3. The van der Waals surface area contributed by atoms with Gasteiger partial charge in [0.05, 0.1) is 13.1 Å². The summed E-state index contributed by atoms with van der Waals surface area (Å²) in [6, 6.07) is 0.263. The lowest BCUT2D eigenvalue weighted by Gasteiger charge is -2.37. The molecule has 1 aliphatic heterocycles. The molecule has 1 saturated heterocycles. The van der Waals surface area contributed by atoms with Crippen molar-refractivity contribution in [3.8, 4) is 0 Å². The smallest absolute Gasteiger partial charge is 0.242 e. The number of hydrogen-bond donors (Lipinski definition) is 1. The number of carbonyl (C=O) groups excluding carboxylic acids is 2. The number of nitrogens with one attached hydrogen (secondary N) is 1. The van der Waals surface area contributed by atoms with Crippen LogP contribution < -0.4 is 5.32 Å². The Morgan fingerprint density at radius 3 is 2.25 bits per heavy atom. The fourth-order valence-corrected chi connectivity index (χ4v) is 2.57. The van der Waals surface area contributed by atoms with Gasteiger partial charge in [0.25, 0.3) is 0 Å². The largest absolute Gasteiger partial charge is 0.332 e. The highest BCUT2D eigenvalue weighted by Crippen LogP contribution is 2.12. The highest BCUT2D eigenvalue weighted by Gasteiger charge is 2.31. The van der Waals surface area contributed by atoms with E-state index in [1.54, 1.807) is 9.80 Å². The van der Waals surface area contributed by atoms with Crippen molar-refractivity contribution in [3.05, 3.63) is 0 Å². The molecule has 0 radical (unpaired) electrons. The molecule has 1 N–H and O–H groups in total. The van der Waals surface area contributed by atoms with Crippen LogP contribution in [0.5, 0.6) is 0 Å². The van der Waals surface area contributed by atoms with Crippen molar-refractivity contribution >= 4 is 11.8 Å². The number of hydrogen-bond acceptors (Lipinski definition) is 3. The van der Waals surface area contributed by atoms with Gasteiger partial charge in [-0.2, -0.15) is 0 Å². The molecule has 0 aromatic heterocycles. The van der Waals surface area contributed by atoms with Crippen molar-refractivity contribution in [3.63, 3.8) is 0 Å². The van der Waals surface area contributed by atoms with E-state index in [9.17, 15) is 9.59 Å². The van der Waals surface area contributed by atoms with Crippen molar-refractivity contribution in [1.29, 1.82) is 0 Å². The van der Waals surface area contributed by atoms with Crippen molar-refractivity contribution in [2.24, 2.45) is 5.92 Å². The number of likely N-dealkylation sites (N-methyl/N-ethyl adjacent to an activating group) is 1. The van der Waals surface area contributed by atoms with Crippen LogP contribution in [0.2, 0.25) is 0 Å². The average molecular weight is 283 g/mol. The lowest BCUT2D eigenvalue weighted by Crippen LogP contribution is -2.57. The molecule has 2 amide bonds. The second kappa shape index (κ2) is 8.25. The lowest BCUT2D eigenvalue weighted by molar-refractivity contribution is -0.150. The third-order valence-corrected chi connectivity index (χ3v) is 4.07. The number of amides is 2. The summed E-state index contributed by atoms with van der Waals surface area (Å²) < 4.78 is 0. The van der Waals surface area contributed by atoms with Crippen LogP contribution >= 0.6 is 0 Å². The van der Waals surface area contributed by atoms with E-state index in [4.69, 9.17) is 0 Å². The molecule has 1 heterocycles. The van der Waals surface area contributed by atoms with Crippen LogP contribution in [0.3, 0.4) is 0 Å². The maximum absolute atomic E-state index is 12.2. The minimum absolute atomic E-state index is 0.0734. The predicted molar refractivity (Wildman–Crippen MR) is 80.4 cm³/mol. The topological polar surface area (TPSA) is 52.7 Å². The molecule has 1 fully saturated rings. The first-order valence-electron chi connectivity index (χ1n) is 7.82. The zero-order valence-electron chi connectivity index (χ0n) is 13.3. The maximum atomic E-state index is 12.2. The third kappa shape index (κ3) is 4.47. The van der Waals surface area contributed by atoms with E-state index in [2.05, 4.69) is 26.1 Å². The van der Waals surface area contributed by atoms with E-state index in [-0.39, 0.29) is 30.9 Å². The minimum Gasteiger partial charge on any atom is -0.332 e. The Morgan fingerprint density at radius 2 is 1.70 bits per heavy atom. The zero-order valence-corrected chi connectivity index (χ0v) is 13.3. The van der Waals surface area contributed by atoms with Gasteiger partial charge in [-0.3, -0.25) is 9.59 Å². The fraction of sp³-hybridized carbons (Fsp3) is 0.867. The Morgan fingerprint density at radius 1 is 1.10 bits per heavy atom. The molecule has 116 valence electrons. The fourth-order valence-electron chi connectivity index (χ4n) is 2.57. The molecule has 5 heteroatoms. The summed E-state index contributed by atoms with van der Waals surface area (Å²) in [6.45, 7) is 11.1. The molecule has 0 bridgehead atoms. The molecule has 5 nitrogen and oxygen atoms in total. The van der Waals surface area contributed by atoms with Crippen molar-refractivity contribution in [2.75, 3.05) is 32.7 Å². The van der Waals surface area contributed by atoms with E-state index in [1.807, 2.05) is 6.92 Å². The van der Waals surface area contributed by atoms with Gasteiger partial charge in [-0.15, -0.1) is 0 Å². The van der Waals surface area contributed by atoms with Gasteiger partial charge in [-0.05, 0) is 18.9 Å². The number of carbonyl (C=O) groups is 2. The monoisotopic (exact) mass is 283 g/mol. The first-order chi connectivity index (χ1) is 9.53. The molecule has 0 aromatic rings. The zero-order chi connectivity index (χ0) is 15.1. The normalized spacial score (nSPS) is 19.4.